The van der Waals surface area contributed by atoms with Crippen molar-refractivity contribution in [3.63, 3.8) is 0 Å². The molecule has 3 atom stereocenters. The SMILES string of the molecule is CSC1CCCC1NC(C)c1ccc(O)cc1F. The van der Waals surface area contributed by atoms with Gasteiger partial charge in [-0.25, -0.2) is 4.39 Å². The minimum atomic E-state index is -0.339. The summed E-state index contributed by atoms with van der Waals surface area (Å²) in [4.78, 5) is 0. The molecule has 4 heteroatoms. The molecule has 0 amide bonds. The Bertz CT molecular complexity index is 413. The Kier molecular flexibility index (Phi) is 4.51. The number of nitrogens with one attached hydrogen (secondary N) is 1. The number of aromatic hydroxyl groups is 1. The molecule has 0 saturated heterocycles. The lowest BCUT2D eigenvalue weighted by molar-refractivity contribution is 0.443. The molecular formula is C14H20FNOS. The van der Waals surface area contributed by atoms with E-state index in [0.29, 0.717) is 16.9 Å². The van der Waals surface area contributed by atoms with Gasteiger partial charge in [0.15, 0.2) is 0 Å². The quantitative estimate of drug-likeness (QED) is 0.878. The standard InChI is InChI=1S/C14H20FNOS/c1-9(11-7-6-10(17)8-12(11)15)16-13-4-3-5-14(13)18-2/h6-9,13-14,16-17H,3-5H2,1-2H3. The first-order chi connectivity index (χ1) is 8.61. The van der Waals surface area contributed by atoms with Crippen molar-refractivity contribution in [1.82, 2.24) is 5.32 Å². The second kappa shape index (κ2) is 5.93. The van der Waals surface area contributed by atoms with Crippen LogP contribution in [0.15, 0.2) is 18.2 Å². The first kappa shape index (κ1) is 13.7. The molecule has 2 N–H and O–H groups in total. The van der Waals surface area contributed by atoms with Crippen molar-refractivity contribution in [2.24, 2.45) is 0 Å². The highest BCUT2D eigenvalue weighted by atomic mass is 32.2. The van der Waals surface area contributed by atoms with Gasteiger partial charge in [-0.3, -0.25) is 0 Å². The van der Waals surface area contributed by atoms with Crippen LogP contribution in [-0.2, 0) is 0 Å². The Balaban J connectivity index is 2.05. The molecule has 0 aliphatic heterocycles. The van der Waals surface area contributed by atoms with Crippen molar-refractivity contribution in [1.29, 1.82) is 0 Å². The molecule has 1 aliphatic carbocycles. The zero-order chi connectivity index (χ0) is 13.1. The molecule has 18 heavy (non-hydrogen) atoms. The fraction of sp³-hybridized carbons (Fsp3) is 0.571. The molecule has 2 rings (SSSR count). The van der Waals surface area contributed by atoms with Gasteiger partial charge < -0.3 is 10.4 Å². The van der Waals surface area contributed by atoms with Crippen LogP contribution in [0.4, 0.5) is 4.39 Å². The first-order valence-corrected chi connectivity index (χ1v) is 7.68. The number of benzene rings is 1. The smallest absolute Gasteiger partial charge is 0.131 e. The van der Waals surface area contributed by atoms with E-state index in [1.165, 1.54) is 25.0 Å². The lowest BCUT2D eigenvalue weighted by Crippen LogP contribution is -2.36. The molecule has 0 radical (unpaired) electrons. The summed E-state index contributed by atoms with van der Waals surface area (Å²) < 4.78 is 13.7. The van der Waals surface area contributed by atoms with Crippen LogP contribution >= 0.6 is 11.8 Å². The third-order valence-electron chi connectivity index (χ3n) is 3.67. The van der Waals surface area contributed by atoms with E-state index in [9.17, 15) is 9.50 Å². The van der Waals surface area contributed by atoms with Crippen LogP contribution in [0.2, 0.25) is 0 Å². The van der Waals surface area contributed by atoms with Crippen LogP contribution in [0.5, 0.6) is 5.75 Å². The van der Waals surface area contributed by atoms with Crippen LogP contribution in [-0.4, -0.2) is 22.7 Å². The van der Waals surface area contributed by atoms with Crippen molar-refractivity contribution in [2.45, 2.75) is 43.5 Å². The molecule has 1 aliphatic rings. The summed E-state index contributed by atoms with van der Waals surface area (Å²) in [6.45, 7) is 1.98. The molecule has 0 bridgehead atoms. The van der Waals surface area contributed by atoms with Crippen molar-refractivity contribution < 1.29 is 9.50 Å². The van der Waals surface area contributed by atoms with Gasteiger partial charge in [0.1, 0.15) is 11.6 Å². The fourth-order valence-corrected chi connectivity index (χ4v) is 3.62. The normalized spacial score (nSPS) is 25.3. The zero-order valence-corrected chi connectivity index (χ0v) is 11.6. The van der Waals surface area contributed by atoms with E-state index in [1.807, 2.05) is 18.7 Å². The lowest BCUT2D eigenvalue weighted by Gasteiger charge is -2.24. The van der Waals surface area contributed by atoms with E-state index in [4.69, 9.17) is 0 Å². The lowest BCUT2D eigenvalue weighted by atomic mass is 10.1. The van der Waals surface area contributed by atoms with Gasteiger partial charge >= 0.3 is 0 Å². The molecule has 100 valence electrons. The van der Waals surface area contributed by atoms with E-state index < -0.39 is 0 Å². The Hall–Kier alpha value is -0.740. The molecule has 1 fully saturated rings. The second-order valence-electron chi connectivity index (χ2n) is 4.91. The highest BCUT2D eigenvalue weighted by Crippen LogP contribution is 2.31. The maximum absolute atomic E-state index is 13.7. The largest absolute Gasteiger partial charge is 0.508 e. The molecular weight excluding hydrogens is 249 g/mol. The van der Waals surface area contributed by atoms with Crippen molar-refractivity contribution in [2.75, 3.05) is 6.26 Å². The van der Waals surface area contributed by atoms with Gasteiger partial charge in [0, 0.05) is 29.0 Å². The van der Waals surface area contributed by atoms with Gasteiger partial charge in [-0.05, 0) is 32.1 Å². The summed E-state index contributed by atoms with van der Waals surface area (Å²) in [6, 6.07) is 4.81. The van der Waals surface area contributed by atoms with Gasteiger partial charge in [0.25, 0.3) is 0 Å². The molecule has 0 spiro atoms. The molecule has 1 aromatic carbocycles. The predicted octanol–water partition coefficient (Wildman–Crippen LogP) is 3.47. The predicted molar refractivity (Wildman–Crippen MR) is 74.6 cm³/mol. The maximum atomic E-state index is 13.7. The highest BCUT2D eigenvalue weighted by Gasteiger charge is 2.28. The van der Waals surface area contributed by atoms with Gasteiger partial charge in [-0.1, -0.05) is 12.5 Å². The Labute approximate surface area is 112 Å². The molecule has 0 aromatic heterocycles. The van der Waals surface area contributed by atoms with Crippen molar-refractivity contribution in [3.8, 4) is 5.75 Å². The molecule has 1 aromatic rings. The van der Waals surface area contributed by atoms with Crippen LogP contribution in [0, 0.1) is 5.82 Å². The minimum absolute atomic E-state index is 0.0219. The summed E-state index contributed by atoms with van der Waals surface area (Å²) in [5.41, 5.74) is 0.625. The maximum Gasteiger partial charge on any atom is 0.131 e. The number of hydrogen-bond acceptors (Lipinski definition) is 3. The van der Waals surface area contributed by atoms with E-state index in [2.05, 4.69) is 11.6 Å². The second-order valence-corrected chi connectivity index (χ2v) is 5.98. The van der Waals surface area contributed by atoms with E-state index in [1.54, 1.807) is 6.07 Å². The zero-order valence-electron chi connectivity index (χ0n) is 10.8. The number of phenolic OH excluding ortho intramolecular Hbond substituents is 1. The van der Waals surface area contributed by atoms with Gasteiger partial charge in [-0.15, -0.1) is 0 Å². The minimum Gasteiger partial charge on any atom is -0.508 e. The number of hydrogen-bond donors (Lipinski definition) is 2. The van der Waals surface area contributed by atoms with Crippen LogP contribution in [0.1, 0.15) is 37.8 Å². The average Bonchev–Trinajstić information content (AvgIpc) is 2.76. The molecule has 0 heterocycles. The Morgan fingerprint density at radius 1 is 1.44 bits per heavy atom. The monoisotopic (exact) mass is 269 g/mol. The number of phenols is 1. The summed E-state index contributed by atoms with van der Waals surface area (Å²) in [5.74, 6) is -0.361. The molecule has 1 saturated carbocycles. The topological polar surface area (TPSA) is 32.3 Å². The number of rotatable bonds is 4. The fourth-order valence-electron chi connectivity index (χ4n) is 2.68. The van der Waals surface area contributed by atoms with E-state index in [-0.39, 0.29) is 17.6 Å². The Morgan fingerprint density at radius 3 is 2.89 bits per heavy atom. The van der Waals surface area contributed by atoms with Crippen LogP contribution in [0.25, 0.3) is 0 Å². The van der Waals surface area contributed by atoms with E-state index >= 15 is 0 Å². The third kappa shape index (κ3) is 2.98. The first-order valence-electron chi connectivity index (χ1n) is 6.39. The third-order valence-corrected chi connectivity index (χ3v) is 4.84. The molecule has 3 unspecified atom stereocenters. The summed E-state index contributed by atoms with van der Waals surface area (Å²) in [7, 11) is 0. The number of halogens is 1. The summed E-state index contributed by atoms with van der Waals surface area (Å²) in [6.07, 6.45) is 5.78. The summed E-state index contributed by atoms with van der Waals surface area (Å²) in [5, 5.41) is 13.4. The van der Waals surface area contributed by atoms with Gasteiger partial charge in [0.2, 0.25) is 0 Å². The van der Waals surface area contributed by atoms with Gasteiger partial charge in [0.05, 0.1) is 0 Å². The van der Waals surface area contributed by atoms with Crippen LogP contribution < -0.4 is 5.32 Å². The highest BCUT2D eigenvalue weighted by molar-refractivity contribution is 7.99. The number of thioether (sulfide) groups is 1. The van der Waals surface area contributed by atoms with Crippen molar-refractivity contribution >= 4 is 11.8 Å². The van der Waals surface area contributed by atoms with Crippen LogP contribution in [0.3, 0.4) is 0 Å². The molecule has 2 nitrogen and oxygen atoms in total. The van der Waals surface area contributed by atoms with Crippen molar-refractivity contribution in [3.05, 3.63) is 29.6 Å². The average molecular weight is 269 g/mol. The van der Waals surface area contributed by atoms with E-state index in [0.717, 1.165) is 6.42 Å². The Morgan fingerprint density at radius 2 is 2.22 bits per heavy atom. The van der Waals surface area contributed by atoms with Gasteiger partial charge in [-0.2, -0.15) is 11.8 Å². The summed E-state index contributed by atoms with van der Waals surface area (Å²) >= 11 is 1.89.